The van der Waals surface area contributed by atoms with Crippen LogP contribution in [0.3, 0.4) is 0 Å². The number of benzene rings is 1. The van der Waals surface area contributed by atoms with Crippen LogP contribution in [0, 0.1) is 0 Å². The molecular weight excluding hydrogens is 610 g/mol. The van der Waals surface area contributed by atoms with E-state index in [2.05, 4.69) is 10.3 Å². The molecule has 1 aromatic heterocycles. The Morgan fingerprint density at radius 2 is 1.73 bits per heavy atom. The average molecular weight is 648 g/mol. The highest BCUT2D eigenvalue weighted by molar-refractivity contribution is 7.91. The number of hydrogen-bond acceptors (Lipinski definition) is 10. The van der Waals surface area contributed by atoms with Crippen LogP contribution in [-0.4, -0.2) is 133 Å². The molecule has 3 heterocycles. The van der Waals surface area contributed by atoms with Crippen LogP contribution in [0.2, 0.25) is 0 Å². The molecule has 2 aromatic rings. The average Bonchev–Trinajstić information content (AvgIpc) is 3.53. The van der Waals surface area contributed by atoms with Crippen LogP contribution in [0.25, 0.3) is 10.9 Å². The molecule has 16 heteroatoms. The van der Waals surface area contributed by atoms with E-state index >= 15 is 0 Å². The monoisotopic (exact) mass is 647 g/mol. The molecule has 2 aliphatic rings. The molecule has 2 N–H and O–H groups in total. The maximum atomic E-state index is 13.4. The van der Waals surface area contributed by atoms with Crippen LogP contribution >= 0.6 is 0 Å². The van der Waals surface area contributed by atoms with Crippen molar-refractivity contribution in [2.45, 2.75) is 37.5 Å². The number of piperazine rings is 1. The Balaban J connectivity index is 1.47. The Labute approximate surface area is 260 Å². The summed E-state index contributed by atoms with van der Waals surface area (Å²) >= 11 is 0. The molecule has 2 fully saturated rings. The first-order valence-electron chi connectivity index (χ1n) is 14.6. The quantitative estimate of drug-likeness (QED) is 0.346. The third kappa shape index (κ3) is 8.59. The normalized spacial score (nSPS) is 17.6. The van der Waals surface area contributed by atoms with Gasteiger partial charge in [0.05, 0.1) is 17.4 Å². The lowest BCUT2D eigenvalue weighted by Gasteiger charge is -2.35. The van der Waals surface area contributed by atoms with Gasteiger partial charge in [0.25, 0.3) is 11.8 Å². The van der Waals surface area contributed by atoms with Gasteiger partial charge in [-0.2, -0.15) is 0 Å². The number of aliphatic carboxylic acids is 1. The number of pyridine rings is 1. The third-order valence-electron chi connectivity index (χ3n) is 7.73. The van der Waals surface area contributed by atoms with Crippen molar-refractivity contribution in [3.63, 3.8) is 0 Å². The highest BCUT2D eigenvalue weighted by Gasteiger charge is 2.33. The molecule has 45 heavy (non-hydrogen) atoms. The van der Waals surface area contributed by atoms with Crippen LogP contribution in [0.15, 0.2) is 30.3 Å². The Morgan fingerprint density at radius 1 is 1.04 bits per heavy atom. The van der Waals surface area contributed by atoms with E-state index in [0.717, 1.165) is 6.26 Å². The second-order valence-electron chi connectivity index (χ2n) is 10.9. The zero-order chi connectivity index (χ0) is 32.7. The fourth-order valence-electron chi connectivity index (χ4n) is 5.22. The first-order chi connectivity index (χ1) is 21.4. The minimum absolute atomic E-state index is 0.0788. The number of rotatable bonds is 11. The number of carboxylic acids is 1. The van der Waals surface area contributed by atoms with E-state index in [-0.39, 0.29) is 70.2 Å². The van der Waals surface area contributed by atoms with Gasteiger partial charge in [0, 0.05) is 63.4 Å². The molecule has 4 amide bonds. The summed E-state index contributed by atoms with van der Waals surface area (Å²) in [6, 6.07) is 6.95. The number of nitrogens with zero attached hydrogens (tertiary/aromatic N) is 4. The second-order valence-corrected chi connectivity index (χ2v) is 13.2. The number of sulfone groups is 1. The minimum Gasteiger partial charge on any atom is -0.483 e. The first kappa shape index (κ1) is 33.4. The summed E-state index contributed by atoms with van der Waals surface area (Å²) in [6.45, 7) is 2.69. The standard InChI is InChI=1S/C29H37N5O10S/c1-3-43-29(40)33-14-12-32(13-15-33)28(39)22(8-9-26(36)37)31-27(38)23-16-24(20-6-4-5-7-21(20)30-23)44-18-25(35)34-11-10-19(17-34)45(2,41)42/h4-7,16,19,22H,3,8-15,17-18H2,1-2H3,(H,31,38)(H,36,37)/t19?,22-/m0/s1. The van der Waals surface area contributed by atoms with Crippen molar-refractivity contribution in [2.75, 3.05) is 58.7 Å². The van der Waals surface area contributed by atoms with E-state index in [4.69, 9.17) is 9.47 Å². The molecule has 0 bridgehead atoms. The maximum absolute atomic E-state index is 13.4. The van der Waals surface area contributed by atoms with E-state index in [1.54, 1.807) is 31.2 Å². The minimum atomic E-state index is -3.29. The summed E-state index contributed by atoms with van der Waals surface area (Å²) < 4.78 is 34.6. The van der Waals surface area contributed by atoms with Gasteiger partial charge in [-0.3, -0.25) is 19.2 Å². The fraction of sp³-hybridized carbons (Fsp3) is 0.517. The number of amides is 4. The van der Waals surface area contributed by atoms with Crippen molar-refractivity contribution < 1.29 is 47.0 Å². The molecule has 0 saturated carbocycles. The summed E-state index contributed by atoms with van der Waals surface area (Å²) in [5, 5.41) is 11.8. The molecule has 244 valence electrons. The lowest BCUT2D eigenvalue weighted by atomic mass is 10.1. The molecule has 0 aliphatic carbocycles. The van der Waals surface area contributed by atoms with Gasteiger partial charge in [-0.25, -0.2) is 18.2 Å². The topological polar surface area (TPSA) is 193 Å². The van der Waals surface area contributed by atoms with Gasteiger partial charge in [0.1, 0.15) is 17.5 Å². The van der Waals surface area contributed by atoms with Crippen molar-refractivity contribution in [3.05, 3.63) is 36.0 Å². The summed E-state index contributed by atoms with van der Waals surface area (Å²) in [4.78, 5) is 71.8. The number of carbonyl (C=O) groups is 5. The lowest BCUT2D eigenvalue weighted by molar-refractivity contribution is -0.138. The van der Waals surface area contributed by atoms with E-state index in [0.29, 0.717) is 17.3 Å². The number of ether oxygens (including phenoxy) is 2. The van der Waals surface area contributed by atoms with Gasteiger partial charge in [0.15, 0.2) is 16.4 Å². The van der Waals surface area contributed by atoms with Gasteiger partial charge in [-0.1, -0.05) is 12.1 Å². The number of carbonyl (C=O) groups excluding carboxylic acids is 4. The SMILES string of the molecule is CCOC(=O)N1CCN(C(=O)[C@H](CCC(=O)O)NC(=O)c2cc(OCC(=O)N3CCC(S(C)(=O)=O)C3)c3ccccc3n2)CC1. The van der Waals surface area contributed by atoms with Crippen molar-refractivity contribution in [3.8, 4) is 5.75 Å². The molecule has 1 aromatic carbocycles. The lowest BCUT2D eigenvalue weighted by Crippen LogP contribution is -2.56. The predicted octanol–water partition coefficient (Wildman–Crippen LogP) is 0.523. The van der Waals surface area contributed by atoms with Crippen molar-refractivity contribution in [1.29, 1.82) is 0 Å². The second kappa shape index (κ2) is 14.5. The third-order valence-corrected chi connectivity index (χ3v) is 9.33. The number of likely N-dealkylation sites (tertiary alicyclic amines) is 1. The van der Waals surface area contributed by atoms with Gasteiger partial charge < -0.3 is 34.6 Å². The number of aromatic nitrogens is 1. The van der Waals surface area contributed by atoms with E-state index < -0.39 is 57.5 Å². The van der Waals surface area contributed by atoms with Crippen LogP contribution in [0.1, 0.15) is 36.7 Å². The molecule has 4 rings (SSSR count). The highest BCUT2D eigenvalue weighted by atomic mass is 32.2. The number of para-hydroxylation sites is 1. The number of carboxylic acid groups (broad SMARTS) is 1. The summed E-state index contributed by atoms with van der Waals surface area (Å²) in [5.41, 5.74) is 0.268. The molecule has 15 nitrogen and oxygen atoms in total. The van der Waals surface area contributed by atoms with Crippen molar-refractivity contribution in [2.24, 2.45) is 0 Å². The van der Waals surface area contributed by atoms with Gasteiger partial charge in [0.2, 0.25) is 5.91 Å². The zero-order valence-electron chi connectivity index (χ0n) is 25.1. The summed E-state index contributed by atoms with van der Waals surface area (Å²) in [5.74, 6) is -2.61. The summed E-state index contributed by atoms with van der Waals surface area (Å²) in [7, 11) is -3.29. The fourth-order valence-corrected chi connectivity index (χ4v) is 6.20. The van der Waals surface area contributed by atoms with Gasteiger partial charge in [-0.05, 0) is 31.9 Å². The van der Waals surface area contributed by atoms with Gasteiger partial charge >= 0.3 is 12.1 Å². The van der Waals surface area contributed by atoms with E-state index in [9.17, 15) is 37.5 Å². The van der Waals surface area contributed by atoms with Crippen LogP contribution in [0.4, 0.5) is 4.79 Å². The van der Waals surface area contributed by atoms with Crippen molar-refractivity contribution in [1.82, 2.24) is 25.0 Å². The molecule has 2 saturated heterocycles. The smallest absolute Gasteiger partial charge is 0.409 e. The van der Waals surface area contributed by atoms with Crippen LogP contribution < -0.4 is 10.1 Å². The molecule has 2 aliphatic heterocycles. The number of hydrogen-bond donors (Lipinski definition) is 2. The first-order valence-corrected chi connectivity index (χ1v) is 16.5. The Hall–Kier alpha value is -4.47. The molecule has 2 atom stereocenters. The highest BCUT2D eigenvalue weighted by Crippen LogP contribution is 2.26. The van der Waals surface area contributed by atoms with E-state index in [1.165, 1.54) is 20.8 Å². The Kier molecular flexibility index (Phi) is 10.8. The largest absolute Gasteiger partial charge is 0.483 e. The summed E-state index contributed by atoms with van der Waals surface area (Å²) in [6.07, 6.45) is 0.451. The molecular formula is C29H37N5O10S. The molecule has 0 spiro atoms. The predicted molar refractivity (Wildman–Crippen MR) is 160 cm³/mol. The molecule has 0 radical (unpaired) electrons. The van der Waals surface area contributed by atoms with Crippen molar-refractivity contribution >= 4 is 50.5 Å². The van der Waals surface area contributed by atoms with E-state index in [1.807, 2.05) is 0 Å². The molecule has 1 unspecified atom stereocenters. The number of nitrogens with one attached hydrogen (secondary N) is 1. The number of fused-ring (bicyclic) bond motifs is 1. The van der Waals surface area contributed by atoms with Crippen LogP contribution in [-0.2, 0) is 29.0 Å². The Morgan fingerprint density at radius 3 is 2.38 bits per heavy atom. The Bertz CT molecular complexity index is 1560. The van der Waals surface area contributed by atoms with Gasteiger partial charge in [-0.15, -0.1) is 0 Å². The zero-order valence-corrected chi connectivity index (χ0v) is 26.0. The maximum Gasteiger partial charge on any atom is 0.409 e. The van der Waals surface area contributed by atoms with Crippen LogP contribution in [0.5, 0.6) is 5.75 Å².